The van der Waals surface area contributed by atoms with Crippen LogP contribution in [0.5, 0.6) is 0 Å². The molecule has 2 N–H and O–H groups in total. The standard InChI is InChI=1S/C16H33N3O2/c1-5-13(2)15(17)16(20)19-10-7-14(8-11-19)21-12-6-9-18(3)4/h13-15H,5-12,17H2,1-4H3. The maximum atomic E-state index is 12.3. The molecular formula is C16H33N3O2. The van der Waals surface area contributed by atoms with Crippen LogP contribution in [0.4, 0.5) is 0 Å². The maximum Gasteiger partial charge on any atom is 0.239 e. The van der Waals surface area contributed by atoms with E-state index in [4.69, 9.17) is 10.5 Å². The van der Waals surface area contributed by atoms with Gasteiger partial charge >= 0.3 is 0 Å². The van der Waals surface area contributed by atoms with Crippen LogP contribution in [-0.4, -0.2) is 68.2 Å². The Morgan fingerprint density at radius 1 is 1.38 bits per heavy atom. The fourth-order valence-corrected chi connectivity index (χ4v) is 2.58. The van der Waals surface area contributed by atoms with E-state index in [1.807, 2.05) is 11.8 Å². The first-order chi connectivity index (χ1) is 9.95. The van der Waals surface area contributed by atoms with Crippen molar-refractivity contribution in [1.82, 2.24) is 9.80 Å². The van der Waals surface area contributed by atoms with Gasteiger partial charge in [-0.05, 0) is 45.8 Å². The average Bonchev–Trinajstić information content (AvgIpc) is 2.49. The van der Waals surface area contributed by atoms with Gasteiger partial charge in [0.25, 0.3) is 0 Å². The fourth-order valence-electron chi connectivity index (χ4n) is 2.58. The first-order valence-corrected chi connectivity index (χ1v) is 8.26. The highest BCUT2D eigenvalue weighted by atomic mass is 16.5. The molecule has 1 fully saturated rings. The molecule has 1 aliphatic rings. The quantitative estimate of drug-likeness (QED) is 0.687. The van der Waals surface area contributed by atoms with Gasteiger partial charge in [-0.3, -0.25) is 4.79 Å². The van der Waals surface area contributed by atoms with E-state index in [1.165, 1.54) is 0 Å². The van der Waals surface area contributed by atoms with E-state index in [-0.39, 0.29) is 17.9 Å². The third-order valence-electron chi connectivity index (χ3n) is 4.40. The molecule has 1 rings (SSSR count). The lowest BCUT2D eigenvalue weighted by molar-refractivity contribution is -0.136. The number of piperidine rings is 1. The lowest BCUT2D eigenvalue weighted by Gasteiger charge is -2.34. The number of likely N-dealkylation sites (tertiary alicyclic amines) is 1. The number of hydrogen-bond donors (Lipinski definition) is 1. The Kier molecular flexibility index (Phi) is 8.22. The van der Waals surface area contributed by atoms with Crippen LogP contribution in [0, 0.1) is 5.92 Å². The second-order valence-corrected chi connectivity index (χ2v) is 6.46. The molecule has 124 valence electrons. The van der Waals surface area contributed by atoms with Gasteiger partial charge < -0.3 is 20.3 Å². The molecule has 21 heavy (non-hydrogen) atoms. The van der Waals surface area contributed by atoms with E-state index < -0.39 is 0 Å². The maximum absolute atomic E-state index is 12.3. The van der Waals surface area contributed by atoms with Gasteiger partial charge in [0.1, 0.15) is 0 Å². The van der Waals surface area contributed by atoms with Crippen molar-refractivity contribution in [2.24, 2.45) is 11.7 Å². The van der Waals surface area contributed by atoms with Crippen molar-refractivity contribution in [2.75, 3.05) is 40.3 Å². The molecule has 0 aliphatic carbocycles. The molecule has 0 radical (unpaired) electrons. The lowest BCUT2D eigenvalue weighted by Crippen LogP contribution is -2.50. The van der Waals surface area contributed by atoms with Crippen LogP contribution < -0.4 is 5.73 Å². The van der Waals surface area contributed by atoms with Crippen LogP contribution in [0.1, 0.15) is 39.5 Å². The molecule has 5 heteroatoms. The highest BCUT2D eigenvalue weighted by Gasteiger charge is 2.28. The average molecular weight is 299 g/mol. The van der Waals surface area contributed by atoms with Gasteiger partial charge in [-0.1, -0.05) is 20.3 Å². The molecule has 1 aliphatic heterocycles. The third kappa shape index (κ3) is 6.32. The number of ether oxygens (including phenoxy) is 1. The summed E-state index contributed by atoms with van der Waals surface area (Å²) in [5, 5.41) is 0. The van der Waals surface area contributed by atoms with Crippen molar-refractivity contribution < 1.29 is 9.53 Å². The second kappa shape index (κ2) is 9.38. The summed E-state index contributed by atoms with van der Waals surface area (Å²) >= 11 is 0. The van der Waals surface area contributed by atoms with Crippen LogP contribution in [-0.2, 0) is 9.53 Å². The van der Waals surface area contributed by atoms with Crippen molar-refractivity contribution in [1.29, 1.82) is 0 Å². The van der Waals surface area contributed by atoms with Gasteiger partial charge in [-0.15, -0.1) is 0 Å². The highest BCUT2D eigenvalue weighted by Crippen LogP contribution is 2.17. The summed E-state index contributed by atoms with van der Waals surface area (Å²) < 4.78 is 5.89. The van der Waals surface area contributed by atoms with Crippen molar-refractivity contribution in [3.05, 3.63) is 0 Å². The SMILES string of the molecule is CCC(C)C(N)C(=O)N1CCC(OCCCN(C)C)CC1. The van der Waals surface area contributed by atoms with Crippen LogP contribution in [0.15, 0.2) is 0 Å². The van der Waals surface area contributed by atoms with E-state index in [9.17, 15) is 4.79 Å². The Morgan fingerprint density at radius 2 is 2.00 bits per heavy atom. The zero-order valence-corrected chi connectivity index (χ0v) is 14.2. The smallest absolute Gasteiger partial charge is 0.239 e. The number of nitrogens with zero attached hydrogens (tertiary/aromatic N) is 2. The molecular weight excluding hydrogens is 266 g/mol. The van der Waals surface area contributed by atoms with Gasteiger partial charge in [0.05, 0.1) is 12.1 Å². The molecule has 2 unspecified atom stereocenters. The van der Waals surface area contributed by atoms with E-state index in [2.05, 4.69) is 25.9 Å². The number of amides is 1. The van der Waals surface area contributed by atoms with E-state index in [0.717, 1.165) is 51.9 Å². The Balaban J connectivity index is 2.24. The largest absolute Gasteiger partial charge is 0.378 e. The third-order valence-corrected chi connectivity index (χ3v) is 4.40. The molecule has 0 spiro atoms. The summed E-state index contributed by atoms with van der Waals surface area (Å²) in [5.41, 5.74) is 6.04. The summed E-state index contributed by atoms with van der Waals surface area (Å²) in [7, 11) is 4.15. The molecule has 1 saturated heterocycles. The van der Waals surface area contributed by atoms with Crippen LogP contribution in [0.2, 0.25) is 0 Å². The molecule has 1 heterocycles. The number of nitrogens with two attached hydrogens (primary N) is 1. The number of carbonyl (C=O) groups is 1. The van der Waals surface area contributed by atoms with Crippen LogP contribution in [0.25, 0.3) is 0 Å². The topological polar surface area (TPSA) is 58.8 Å². The molecule has 0 aromatic heterocycles. The zero-order valence-electron chi connectivity index (χ0n) is 14.2. The zero-order chi connectivity index (χ0) is 15.8. The first-order valence-electron chi connectivity index (χ1n) is 8.26. The van der Waals surface area contributed by atoms with Gasteiger partial charge in [-0.25, -0.2) is 0 Å². The molecule has 2 atom stereocenters. The van der Waals surface area contributed by atoms with Crippen molar-refractivity contribution in [3.63, 3.8) is 0 Å². The van der Waals surface area contributed by atoms with Gasteiger partial charge in [0.15, 0.2) is 0 Å². The predicted octanol–water partition coefficient (Wildman–Crippen LogP) is 1.32. The summed E-state index contributed by atoms with van der Waals surface area (Å²) in [5.74, 6) is 0.355. The van der Waals surface area contributed by atoms with Gasteiger partial charge in [0, 0.05) is 19.7 Å². The summed E-state index contributed by atoms with van der Waals surface area (Å²) in [6.45, 7) is 7.54. The minimum Gasteiger partial charge on any atom is -0.378 e. The fraction of sp³-hybridized carbons (Fsp3) is 0.938. The molecule has 0 aromatic carbocycles. The Morgan fingerprint density at radius 3 is 2.52 bits per heavy atom. The highest BCUT2D eigenvalue weighted by molar-refractivity contribution is 5.82. The lowest BCUT2D eigenvalue weighted by atomic mass is 9.97. The molecule has 5 nitrogen and oxygen atoms in total. The minimum atomic E-state index is -0.354. The Labute approximate surface area is 129 Å². The van der Waals surface area contributed by atoms with E-state index in [0.29, 0.717) is 6.10 Å². The predicted molar refractivity (Wildman–Crippen MR) is 86.2 cm³/mol. The van der Waals surface area contributed by atoms with Crippen LogP contribution in [0.3, 0.4) is 0 Å². The monoisotopic (exact) mass is 299 g/mol. The number of rotatable bonds is 8. The minimum absolute atomic E-state index is 0.107. The molecule has 0 aromatic rings. The first kappa shape index (κ1) is 18.4. The Bertz CT molecular complexity index is 302. The summed E-state index contributed by atoms with van der Waals surface area (Å²) in [4.78, 5) is 16.4. The summed E-state index contributed by atoms with van der Waals surface area (Å²) in [6.07, 6.45) is 4.17. The number of carbonyl (C=O) groups excluding carboxylic acids is 1. The van der Waals surface area contributed by atoms with E-state index in [1.54, 1.807) is 0 Å². The van der Waals surface area contributed by atoms with Crippen LogP contribution >= 0.6 is 0 Å². The van der Waals surface area contributed by atoms with Gasteiger partial charge in [-0.2, -0.15) is 0 Å². The molecule has 0 bridgehead atoms. The van der Waals surface area contributed by atoms with E-state index >= 15 is 0 Å². The second-order valence-electron chi connectivity index (χ2n) is 6.46. The summed E-state index contributed by atoms with van der Waals surface area (Å²) in [6, 6.07) is -0.354. The normalized spacial score (nSPS) is 19.8. The number of hydrogen-bond acceptors (Lipinski definition) is 4. The Hall–Kier alpha value is -0.650. The molecule has 0 saturated carbocycles. The van der Waals surface area contributed by atoms with Gasteiger partial charge in [0.2, 0.25) is 5.91 Å². The van der Waals surface area contributed by atoms with Crippen molar-refractivity contribution >= 4 is 5.91 Å². The molecule has 1 amide bonds. The van der Waals surface area contributed by atoms with Crippen molar-refractivity contribution in [2.45, 2.75) is 51.7 Å². The van der Waals surface area contributed by atoms with Crippen molar-refractivity contribution in [3.8, 4) is 0 Å².